The van der Waals surface area contributed by atoms with Crippen LogP contribution in [0.4, 0.5) is 0 Å². The first-order valence-corrected chi connectivity index (χ1v) is 27.5. The van der Waals surface area contributed by atoms with Crippen LogP contribution in [0.5, 0.6) is 23.0 Å². The molecule has 4 aromatic carbocycles. The van der Waals surface area contributed by atoms with Crippen molar-refractivity contribution in [2.24, 2.45) is 0 Å². The number of fused-ring (bicyclic) bond motifs is 2. The molecule has 0 radical (unpaired) electrons. The van der Waals surface area contributed by atoms with Gasteiger partial charge in [0.15, 0.2) is 13.2 Å². The van der Waals surface area contributed by atoms with Crippen LogP contribution in [0.1, 0.15) is 105 Å². The van der Waals surface area contributed by atoms with E-state index in [9.17, 15) is 9.59 Å². The molecule has 0 aromatic heterocycles. The molecule has 0 N–H and O–H groups in total. The van der Waals surface area contributed by atoms with Gasteiger partial charge in [-0.15, -0.1) is 0 Å². The van der Waals surface area contributed by atoms with Crippen molar-refractivity contribution in [3.05, 3.63) is 70.8 Å². The summed E-state index contributed by atoms with van der Waals surface area (Å²) in [5.41, 5.74) is 3.02. The van der Waals surface area contributed by atoms with E-state index in [-0.39, 0.29) is 48.1 Å². The van der Waals surface area contributed by atoms with Gasteiger partial charge in [-0.2, -0.15) is 0 Å². The van der Waals surface area contributed by atoms with E-state index in [4.69, 9.17) is 61.1 Å². The molecule has 16 heteroatoms. The molecule has 70 heavy (non-hydrogen) atoms. The minimum atomic E-state index is -0.625. The smallest absolute Gasteiger partial charge is 0.259 e. The van der Waals surface area contributed by atoms with Crippen LogP contribution >= 0.6 is 70.2 Å². The molecule has 2 aliphatic heterocycles. The number of ether oxygens (including phenoxy) is 8. The van der Waals surface area contributed by atoms with Gasteiger partial charge in [0.1, 0.15) is 36.2 Å². The molecule has 0 amide bonds. The van der Waals surface area contributed by atoms with Crippen molar-refractivity contribution in [2.75, 3.05) is 79.3 Å². The molecule has 0 unspecified atom stereocenters. The zero-order valence-electron chi connectivity index (χ0n) is 42.6. The summed E-state index contributed by atoms with van der Waals surface area (Å²) in [6.07, 6.45) is 0. The fraction of sp³-hybridized carbons (Fsp3) is 0.519. The van der Waals surface area contributed by atoms with E-state index < -0.39 is 10.5 Å². The summed E-state index contributed by atoms with van der Waals surface area (Å²) >= 11 is 18.2. The summed E-state index contributed by atoms with van der Waals surface area (Å²) in [7, 11) is 0. The molecule has 2 heterocycles. The fourth-order valence-electron chi connectivity index (χ4n) is 7.11. The first kappa shape index (κ1) is 56.5. The van der Waals surface area contributed by atoms with E-state index in [1.165, 1.54) is 47.0 Å². The van der Waals surface area contributed by atoms with E-state index in [2.05, 4.69) is 132 Å². The Morgan fingerprint density at radius 2 is 0.614 bits per heavy atom. The monoisotopic (exact) mass is 1070 g/mol. The van der Waals surface area contributed by atoms with Crippen molar-refractivity contribution in [1.29, 1.82) is 0 Å². The van der Waals surface area contributed by atoms with Crippen LogP contribution in [-0.4, -0.2) is 89.8 Å². The summed E-state index contributed by atoms with van der Waals surface area (Å²) in [5.74, 6) is 2.26. The highest BCUT2D eigenvalue weighted by Gasteiger charge is 2.31. The van der Waals surface area contributed by atoms with Crippen LogP contribution in [0.15, 0.2) is 87.7 Å². The van der Waals surface area contributed by atoms with Gasteiger partial charge in [0.05, 0.1) is 92.0 Å². The van der Waals surface area contributed by atoms with Crippen LogP contribution < -0.4 is 18.9 Å². The minimum absolute atomic E-state index is 0.229. The lowest BCUT2D eigenvalue weighted by atomic mass is 9.87. The standard InChI is InChI=1S/C54H68Cl2O10S4/c1-51(2,3)33-23-37-47-38(24-33)68-42-28-36(54(10,11)12)30-44(50(42)66-32-46(56)58)70-40-26-34(52(4,5)6)25-39(48(40)64-22-20-62-18-16-60-14-13-59-15-17-61-19-21-63-47)69-43-29-35(53(7,8)9)27-41(67-37)49(43)65-31-45(55)57/h23-30H,13-22,31-32H2,1-12H3. The molecular weight excluding hydrogens is 1010 g/mol. The van der Waals surface area contributed by atoms with Crippen LogP contribution in [0.3, 0.4) is 0 Å². The Labute approximate surface area is 442 Å². The Bertz CT molecular complexity index is 2220. The van der Waals surface area contributed by atoms with Crippen LogP contribution in [0.2, 0.25) is 0 Å². The molecule has 4 aromatic rings. The predicted octanol–water partition coefficient (Wildman–Crippen LogP) is 13.9. The van der Waals surface area contributed by atoms with Gasteiger partial charge in [-0.1, -0.05) is 130 Å². The average Bonchev–Trinajstić information content (AvgIpc) is 3.24. The number of carbonyl (C=O) groups excluding carboxylic acids is 2. The molecule has 10 nitrogen and oxygen atoms in total. The van der Waals surface area contributed by atoms with E-state index in [0.717, 1.165) is 61.4 Å². The topological polar surface area (TPSA) is 108 Å². The maximum absolute atomic E-state index is 12.6. The second kappa shape index (κ2) is 24.5. The van der Waals surface area contributed by atoms with Crippen molar-refractivity contribution >= 4 is 80.7 Å². The number of carbonyl (C=O) groups is 2. The highest BCUT2D eigenvalue weighted by molar-refractivity contribution is 8.01. The lowest BCUT2D eigenvalue weighted by molar-refractivity contribution is -0.114. The summed E-state index contributed by atoms with van der Waals surface area (Å²) < 4.78 is 50.5. The van der Waals surface area contributed by atoms with Crippen molar-refractivity contribution in [3.8, 4) is 23.0 Å². The fourth-order valence-corrected chi connectivity index (χ4v) is 12.0. The zero-order valence-corrected chi connectivity index (χ0v) is 47.4. The lowest BCUT2D eigenvalue weighted by Crippen LogP contribution is -2.15. The Morgan fingerprint density at radius 3 is 0.829 bits per heavy atom. The Morgan fingerprint density at radius 1 is 0.400 bits per heavy atom. The van der Waals surface area contributed by atoms with Crippen molar-refractivity contribution < 1.29 is 47.5 Å². The third kappa shape index (κ3) is 15.9. The second-order valence-electron chi connectivity index (χ2n) is 21.0. The maximum atomic E-state index is 12.6. The Hall–Kier alpha value is -2.76. The molecule has 0 saturated carbocycles. The van der Waals surface area contributed by atoms with Gasteiger partial charge >= 0.3 is 0 Å². The van der Waals surface area contributed by atoms with E-state index in [1.807, 2.05) is 0 Å². The largest absolute Gasteiger partial charge is 0.489 e. The number of hydrogen-bond acceptors (Lipinski definition) is 14. The molecule has 0 aliphatic carbocycles. The normalized spacial score (nSPS) is 16.1. The van der Waals surface area contributed by atoms with E-state index in [1.54, 1.807) is 0 Å². The quantitative estimate of drug-likeness (QED) is 0.151. The molecular formula is C54H68Cl2O10S4. The minimum Gasteiger partial charge on any atom is -0.489 e. The Balaban J connectivity index is 1.76. The van der Waals surface area contributed by atoms with Gasteiger partial charge in [0.25, 0.3) is 10.5 Å². The average molecular weight is 1080 g/mol. The van der Waals surface area contributed by atoms with Crippen molar-refractivity contribution in [1.82, 2.24) is 0 Å². The van der Waals surface area contributed by atoms with Gasteiger partial charge in [0.2, 0.25) is 0 Å². The second-order valence-corrected chi connectivity index (χ2v) is 26.2. The molecule has 2 aliphatic rings. The molecule has 0 spiro atoms. The molecule has 0 atom stereocenters. The molecule has 0 saturated heterocycles. The number of halogens is 2. The highest BCUT2D eigenvalue weighted by atomic mass is 35.5. The van der Waals surface area contributed by atoms with E-state index >= 15 is 0 Å². The van der Waals surface area contributed by atoms with Crippen LogP contribution in [0.25, 0.3) is 0 Å². The number of rotatable bonds is 6. The molecule has 382 valence electrons. The number of hydrogen-bond donors (Lipinski definition) is 0. The number of benzene rings is 4. The summed E-state index contributed by atoms with van der Waals surface area (Å²) in [6.45, 7) is 28.9. The van der Waals surface area contributed by atoms with E-state index in [0.29, 0.717) is 75.9 Å². The van der Waals surface area contributed by atoms with Gasteiger partial charge < -0.3 is 37.9 Å². The van der Waals surface area contributed by atoms with Crippen molar-refractivity contribution in [2.45, 2.75) is 144 Å². The molecule has 10 bridgehead atoms. The lowest BCUT2D eigenvalue weighted by Gasteiger charge is -2.28. The Kier molecular flexibility index (Phi) is 19.8. The summed E-state index contributed by atoms with van der Waals surface area (Å²) in [6, 6.07) is 17.3. The van der Waals surface area contributed by atoms with Gasteiger partial charge in [-0.05, 0) is 116 Å². The van der Waals surface area contributed by atoms with Gasteiger partial charge in [-0.25, -0.2) is 0 Å². The van der Waals surface area contributed by atoms with Gasteiger partial charge in [0, 0.05) is 0 Å². The first-order valence-electron chi connectivity index (χ1n) is 23.5. The van der Waals surface area contributed by atoms with Gasteiger partial charge in [-0.3, -0.25) is 9.59 Å². The third-order valence-corrected chi connectivity index (χ3v) is 15.6. The first-order chi connectivity index (χ1) is 32.9. The molecule has 0 fully saturated rings. The maximum Gasteiger partial charge on any atom is 0.259 e. The van der Waals surface area contributed by atoms with Crippen molar-refractivity contribution in [3.63, 3.8) is 0 Å². The third-order valence-electron chi connectivity index (χ3n) is 11.2. The van der Waals surface area contributed by atoms with Crippen LogP contribution in [-0.2, 0) is 50.2 Å². The SMILES string of the molecule is CC(C)(C)c1cc2c3c(c1)Sc1cc(C(C)(C)C)cc(c1OCC(=O)Cl)Sc1cc(C(C)(C)C)cc(c1OCCOCCOCCOCCOCCO3)Sc1cc(C(C)(C)C)cc(c1OCC(=O)Cl)S2. The molecule has 6 rings (SSSR count). The predicted molar refractivity (Wildman–Crippen MR) is 284 cm³/mol. The summed E-state index contributed by atoms with van der Waals surface area (Å²) in [4.78, 5) is 31.6. The zero-order chi connectivity index (χ0) is 51.0. The highest BCUT2D eigenvalue weighted by Crippen LogP contribution is 2.56. The summed E-state index contributed by atoms with van der Waals surface area (Å²) in [5, 5.41) is -1.25. The van der Waals surface area contributed by atoms with Crippen LogP contribution in [0, 0.1) is 0 Å².